The molecule has 2 aromatic rings. The van der Waals surface area contributed by atoms with Crippen LogP contribution in [0.1, 0.15) is 5.56 Å². The standard InChI is InChI=1S/C13H10FN3O/c1-18-12-3-2-8(14)6-10(12)9-4-5-17-13(16)11(9)7-15/h2-6H,1H3,(H2,16,17). The van der Waals surface area contributed by atoms with E-state index in [2.05, 4.69) is 4.98 Å². The first-order valence-electron chi connectivity index (χ1n) is 5.16. The highest BCUT2D eigenvalue weighted by Gasteiger charge is 2.14. The number of rotatable bonds is 2. The van der Waals surface area contributed by atoms with Gasteiger partial charge < -0.3 is 10.5 Å². The van der Waals surface area contributed by atoms with Gasteiger partial charge in [-0.25, -0.2) is 9.37 Å². The second-order valence-corrected chi connectivity index (χ2v) is 3.58. The van der Waals surface area contributed by atoms with E-state index in [0.717, 1.165) is 0 Å². The summed E-state index contributed by atoms with van der Waals surface area (Å²) in [6, 6.07) is 7.66. The highest BCUT2D eigenvalue weighted by Crippen LogP contribution is 2.33. The predicted octanol–water partition coefficient (Wildman–Crippen LogP) is 2.35. The molecule has 0 radical (unpaired) electrons. The summed E-state index contributed by atoms with van der Waals surface area (Å²) in [6.45, 7) is 0. The van der Waals surface area contributed by atoms with Crippen LogP contribution in [0.25, 0.3) is 11.1 Å². The van der Waals surface area contributed by atoms with Crippen molar-refractivity contribution in [3.63, 3.8) is 0 Å². The molecule has 0 unspecified atom stereocenters. The number of nitriles is 1. The molecule has 0 bridgehead atoms. The molecule has 0 fully saturated rings. The number of halogens is 1. The minimum atomic E-state index is -0.412. The molecule has 0 atom stereocenters. The highest BCUT2D eigenvalue weighted by atomic mass is 19.1. The smallest absolute Gasteiger partial charge is 0.141 e. The number of hydrogen-bond acceptors (Lipinski definition) is 4. The Morgan fingerprint density at radius 2 is 2.11 bits per heavy atom. The van der Waals surface area contributed by atoms with Crippen molar-refractivity contribution in [2.24, 2.45) is 0 Å². The van der Waals surface area contributed by atoms with Crippen LogP contribution in [0.5, 0.6) is 5.75 Å². The van der Waals surface area contributed by atoms with E-state index in [0.29, 0.717) is 16.9 Å². The van der Waals surface area contributed by atoms with Gasteiger partial charge in [-0.05, 0) is 24.3 Å². The Labute approximate surface area is 103 Å². The molecule has 0 aliphatic carbocycles. The fourth-order valence-corrected chi connectivity index (χ4v) is 1.71. The first kappa shape index (κ1) is 11.9. The summed E-state index contributed by atoms with van der Waals surface area (Å²) in [7, 11) is 1.48. The maximum atomic E-state index is 13.3. The van der Waals surface area contributed by atoms with E-state index in [9.17, 15) is 4.39 Å². The van der Waals surface area contributed by atoms with E-state index in [1.165, 1.54) is 31.5 Å². The lowest BCUT2D eigenvalue weighted by molar-refractivity contribution is 0.415. The quantitative estimate of drug-likeness (QED) is 0.878. The van der Waals surface area contributed by atoms with E-state index in [1.807, 2.05) is 6.07 Å². The van der Waals surface area contributed by atoms with Crippen molar-refractivity contribution in [1.29, 1.82) is 5.26 Å². The zero-order chi connectivity index (χ0) is 13.1. The molecule has 5 heteroatoms. The summed E-state index contributed by atoms with van der Waals surface area (Å²) < 4.78 is 18.5. The number of nitrogen functional groups attached to an aromatic ring is 1. The van der Waals surface area contributed by atoms with Gasteiger partial charge in [0.15, 0.2) is 0 Å². The molecule has 4 nitrogen and oxygen atoms in total. The number of nitrogens with zero attached hydrogens (tertiary/aromatic N) is 2. The molecule has 1 aromatic carbocycles. The minimum absolute atomic E-state index is 0.112. The van der Waals surface area contributed by atoms with Gasteiger partial charge in [0, 0.05) is 17.3 Å². The number of methoxy groups -OCH3 is 1. The van der Waals surface area contributed by atoms with E-state index in [-0.39, 0.29) is 11.4 Å². The van der Waals surface area contributed by atoms with Crippen molar-refractivity contribution < 1.29 is 9.13 Å². The fraction of sp³-hybridized carbons (Fsp3) is 0.0769. The van der Waals surface area contributed by atoms with Crippen LogP contribution in [0.2, 0.25) is 0 Å². The van der Waals surface area contributed by atoms with E-state index < -0.39 is 5.82 Å². The molecule has 2 rings (SSSR count). The zero-order valence-corrected chi connectivity index (χ0v) is 9.64. The van der Waals surface area contributed by atoms with Crippen LogP contribution >= 0.6 is 0 Å². The Morgan fingerprint density at radius 3 is 2.78 bits per heavy atom. The number of benzene rings is 1. The molecule has 1 heterocycles. The summed E-state index contributed by atoms with van der Waals surface area (Å²) in [6.07, 6.45) is 1.47. The molecule has 0 aliphatic rings. The monoisotopic (exact) mass is 243 g/mol. The average molecular weight is 243 g/mol. The number of ether oxygens (including phenoxy) is 1. The van der Waals surface area contributed by atoms with Gasteiger partial charge in [0.25, 0.3) is 0 Å². The molecule has 90 valence electrons. The first-order chi connectivity index (χ1) is 8.67. The van der Waals surface area contributed by atoms with E-state index in [1.54, 1.807) is 6.07 Å². The third-order valence-corrected chi connectivity index (χ3v) is 2.54. The molecular formula is C13H10FN3O. The summed E-state index contributed by atoms with van der Waals surface area (Å²) in [4.78, 5) is 3.83. The van der Waals surface area contributed by atoms with Crippen molar-refractivity contribution in [1.82, 2.24) is 4.98 Å². The normalized spacial score (nSPS) is 9.83. The van der Waals surface area contributed by atoms with Crippen LogP contribution in [0, 0.1) is 17.1 Å². The largest absolute Gasteiger partial charge is 0.496 e. The van der Waals surface area contributed by atoms with Gasteiger partial charge in [-0.2, -0.15) is 5.26 Å². The minimum Gasteiger partial charge on any atom is -0.496 e. The Morgan fingerprint density at radius 1 is 1.33 bits per heavy atom. The average Bonchev–Trinajstić information content (AvgIpc) is 2.38. The van der Waals surface area contributed by atoms with Crippen LogP contribution < -0.4 is 10.5 Å². The summed E-state index contributed by atoms with van der Waals surface area (Å²) in [5.41, 5.74) is 6.82. The van der Waals surface area contributed by atoms with Gasteiger partial charge in [-0.3, -0.25) is 0 Å². The lowest BCUT2D eigenvalue weighted by atomic mass is 10.0. The van der Waals surface area contributed by atoms with Crippen molar-refractivity contribution in [3.05, 3.63) is 41.8 Å². The highest BCUT2D eigenvalue weighted by molar-refractivity contribution is 5.79. The van der Waals surface area contributed by atoms with Gasteiger partial charge in [0.1, 0.15) is 29.0 Å². The maximum absolute atomic E-state index is 13.3. The van der Waals surface area contributed by atoms with Crippen molar-refractivity contribution >= 4 is 5.82 Å². The molecule has 18 heavy (non-hydrogen) atoms. The van der Waals surface area contributed by atoms with Gasteiger partial charge in [0.05, 0.1) is 7.11 Å². The third kappa shape index (κ3) is 1.96. The number of anilines is 1. The van der Waals surface area contributed by atoms with Crippen molar-refractivity contribution in [2.45, 2.75) is 0 Å². The van der Waals surface area contributed by atoms with Gasteiger partial charge in [-0.1, -0.05) is 0 Å². The molecule has 2 N–H and O–H groups in total. The van der Waals surface area contributed by atoms with Crippen molar-refractivity contribution in [2.75, 3.05) is 12.8 Å². The number of aromatic nitrogens is 1. The fourth-order valence-electron chi connectivity index (χ4n) is 1.71. The van der Waals surface area contributed by atoms with Crippen LogP contribution in [-0.2, 0) is 0 Å². The molecular weight excluding hydrogens is 233 g/mol. The lowest BCUT2D eigenvalue weighted by Crippen LogP contribution is -1.98. The van der Waals surface area contributed by atoms with E-state index in [4.69, 9.17) is 15.7 Å². The Bertz CT molecular complexity index is 635. The van der Waals surface area contributed by atoms with Crippen LogP contribution in [0.15, 0.2) is 30.5 Å². The second kappa shape index (κ2) is 4.72. The van der Waals surface area contributed by atoms with Gasteiger partial charge >= 0.3 is 0 Å². The first-order valence-corrected chi connectivity index (χ1v) is 5.16. The molecule has 0 saturated carbocycles. The Hall–Kier alpha value is -2.61. The third-order valence-electron chi connectivity index (χ3n) is 2.54. The molecule has 0 amide bonds. The van der Waals surface area contributed by atoms with Gasteiger partial charge in [-0.15, -0.1) is 0 Å². The Kier molecular flexibility index (Phi) is 3.11. The number of pyridine rings is 1. The second-order valence-electron chi connectivity index (χ2n) is 3.58. The van der Waals surface area contributed by atoms with Crippen LogP contribution in [0.3, 0.4) is 0 Å². The number of hydrogen-bond donors (Lipinski definition) is 1. The lowest BCUT2D eigenvalue weighted by Gasteiger charge is -2.10. The van der Waals surface area contributed by atoms with Crippen LogP contribution in [0.4, 0.5) is 10.2 Å². The summed E-state index contributed by atoms with van der Waals surface area (Å²) in [5.74, 6) is 0.171. The van der Waals surface area contributed by atoms with Gasteiger partial charge in [0.2, 0.25) is 0 Å². The zero-order valence-electron chi connectivity index (χ0n) is 9.64. The molecule has 1 aromatic heterocycles. The maximum Gasteiger partial charge on any atom is 0.141 e. The Balaban J connectivity index is 2.73. The summed E-state index contributed by atoms with van der Waals surface area (Å²) in [5, 5.41) is 9.09. The predicted molar refractivity (Wildman–Crippen MR) is 65.3 cm³/mol. The SMILES string of the molecule is COc1ccc(F)cc1-c1ccnc(N)c1C#N. The molecule has 0 spiro atoms. The molecule has 0 saturated heterocycles. The summed E-state index contributed by atoms with van der Waals surface area (Å²) >= 11 is 0. The van der Waals surface area contributed by atoms with Crippen molar-refractivity contribution in [3.8, 4) is 22.9 Å². The van der Waals surface area contributed by atoms with Crippen LogP contribution in [-0.4, -0.2) is 12.1 Å². The number of nitrogens with two attached hydrogens (primary N) is 1. The van der Waals surface area contributed by atoms with E-state index >= 15 is 0 Å². The molecule has 0 aliphatic heterocycles. The topological polar surface area (TPSA) is 71.9 Å².